The van der Waals surface area contributed by atoms with Crippen molar-refractivity contribution in [2.24, 2.45) is 0 Å². The van der Waals surface area contributed by atoms with Crippen LogP contribution < -0.4 is 10.9 Å². The van der Waals surface area contributed by atoms with Crippen molar-refractivity contribution in [2.75, 3.05) is 5.32 Å². The van der Waals surface area contributed by atoms with Gasteiger partial charge in [-0.05, 0) is 48.9 Å². The van der Waals surface area contributed by atoms with Gasteiger partial charge in [-0.25, -0.2) is 4.39 Å². The Balaban J connectivity index is 1.86. The van der Waals surface area contributed by atoms with Crippen LogP contribution in [-0.2, 0) is 0 Å². The van der Waals surface area contributed by atoms with Crippen molar-refractivity contribution >= 4 is 23.2 Å². The van der Waals surface area contributed by atoms with Crippen LogP contribution in [-0.4, -0.2) is 10.9 Å². The Morgan fingerprint density at radius 2 is 1.92 bits per heavy atom. The number of hydrogen-bond donors (Lipinski definition) is 2. The van der Waals surface area contributed by atoms with Crippen molar-refractivity contribution in [3.05, 3.63) is 86.9 Å². The predicted molar refractivity (Wildman–Crippen MR) is 96.6 cm³/mol. The van der Waals surface area contributed by atoms with Crippen molar-refractivity contribution in [1.82, 2.24) is 4.98 Å². The van der Waals surface area contributed by atoms with Crippen molar-refractivity contribution in [3.8, 4) is 11.3 Å². The summed E-state index contributed by atoms with van der Waals surface area (Å²) in [5.41, 5.74) is 2.29. The summed E-state index contributed by atoms with van der Waals surface area (Å²) in [5, 5.41) is 2.42. The van der Waals surface area contributed by atoms with Gasteiger partial charge in [-0.2, -0.15) is 0 Å². The fourth-order valence-corrected chi connectivity index (χ4v) is 2.59. The molecule has 1 amide bonds. The minimum absolute atomic E-state index is 0.0446. The fourth-order valence-electron chi connectivity index (χ4n) is 2.41. The molecule has 0 spiro atoms. The molecule has 0 aliphatic heterocycles. The molecule has 0 atom stereocenters. The first-order valence-electron chi connectivity index (χ1n) is 7.51. The average Bonchev–Trinajstić information content (AvgIpc) is 2.58. The number of aromatic amines is 1. The number of aryl methyl sites for hydroxylation is 1. The molecule has 0 saturated heterocycles. The van der Waals surface area contributed by atoms with Crippen molar-refractivity contribution in [3.63, 3.8) is 0 Å². The highest BCUT2D eigenvalue weighted by Gasteiger charge is 2.12. The van der Waals surface area contributed by atoms with Crippen molar-refractivity contribution in [1.29, 1.82) is 0 Å². The number of anilines is 1. The van der Waals surface area contributed by atoms with Crippen molar-refractivity contribution < 1.29 is 9.18 Å². The third-order valence-corrected chi connectivity index (χ3v) is 3.95. The van der Waals surface area contributed by atoms with Gasteiger partial charge in [0.1, 0.15) is 11.4 Å². The molecule has 4 nitrogen and oxygen atoms in total. The maximum Gasteiger partial charge on any atom is 0.261 e. The molecule has 1 heterocycles. The van der Waals surface area contributed by atoms with E-state index in [4.69, 9.17) is 11.6 Å². The van der Waals surface area contributed by atoms with E-state index >= 15 is 0 Å². The van der Waals surface area contributed by atoms with E-state index in [0.717, 1.165) is 17.2 Å². The second-order valence-electron chi connectivity index (χ2n) is 5.57. The highest BCUT2D eigenvalue weighted by Crippen LogP contribution is 2.20. The lowest BCUT2D eigenvalue weighted by atomic mass is 10.1. The predicted octanol–water partition coefficient (Wildman–Crippen LogP) is 4.40. The molecule has 0 fully saturated rings. The third-order valence-electron chi connectivity index (χ3n) is 3.66. The zero-order chi connectivity index (χ0) is 18.0. The number of H-pyrrole nitrogens is 1. The quantitative estimate of drug-likeness (QED) is 0.730. The zero-order valence-electron chi connectivity index (χ0n) is 13.3. The van der Waals surface area contributed by atoms with Gasteiger partial charge in [0.05, 0.1) is 5.02 Å². The minimum Gasteiger partial charge on any atom is -0.322 e. The number of aromatic nitrogens is 1. The van der Waals surface area contributed by atoms with Crippen LogP contribution in [0.4, 0.5) is 10.1 Å². The fraction of sp³-hybridized carbons (Fsp3) is 0.0526. The molecular weight excluding hydrogens is 343 g/mol. The molecule has 126 valence electrons. The van der Waals surface area contributed by atoms with Crippen LogP contribution in [0.2, 0.25) is 5.02 Å². The smallest absolute Gasteiger partial charge is 0.261 e. The lowest BCUT2D eigenvalue weighted by molar-refractivity contribution is 0.102. The number of carbonyl (C=O) groups is 1. The van der Waals surface area contributed by atoms with Crippen LogP contribution >= 0.6 is 11.6 Å². The normalized spacial score (nSPS) is 10.5. The number of pyridine rings is 1. The molecule has 0 unspecified atom stereocenters. The first-order valence-corrected chi connectivity index (χ1v) is 7.88. The monoisotopic (exact) mass is 356 g/mol. The van der Waals surface area contributed by atoms with E-state index in [1.165, 1.54) is 18.2 Å². The van der Waals surface area contributed by atoms with Gasteiger partial charge in [-0.15, -0.1) is 0 Å². The van der Waals surface area contributed by atoms with Gasteiger partial charge in [0.2, 0.25) is 0 Å². The molecule has 1 aromatic heterocycles. The Hall–Kier alpha value is -2.92. The summed E-state index contributed by atoms with van der Waals surface area (Å²) in [6.45, 7) is 1.96. The molecule has 0 radical (unpaired) electrons. The molecule has 25 heavy (non-hydrogen) atoms. The summed E-state index contributed by atoms with van der Waals surface area (Å²) in [5.74, 6) is -1.18. The number of halogens is 2. The first kappa shape index (κ1) is 16.9. The van der Waals surface area contributed by atoms with Crippen LogP contribution in [0, 0.1) is 12.7 Å². The van der Waals surface area contributed by atoms with Crippen LogP contribution in [0.1, 0.15) is 15.9 Å². The van der Waals surface area contributed by atoms with E-state index in [9.17, 15) is 14.0 Å². The largest absolute Gasteiger partial charge is 0.322 e. The Kier molecular flexibility index (Phi) is 4.67. The molecular formula is C19H14ClFN2O2. The molecule has 2 aromatic carbocycles. The molecule has 0 saturated carbocycles. The SMILES string of the molecule is Cc1cccc(-c2ccc(C(=O)Nc3ccc(F)c(Cl)c3)c(=O)[nH]2)c1. The second-order valence-corrected chi connectivity index (χ2v) is 5.97. The lowest BCUT2D eigenvalue weighted by Gasteiger charge is -2.07. The van der Waals surface area contributed by atoms with E-state index in [-0.39, 0.29) is 10.6 Å². The second kappa shape index (κ2) is 6.91. The Morgan fingerprint density at radius 1 is 1.12 bits per heavy atom. The summed E-state index contributed by atoms with van der Waals surface area (Å²) in [6.07, 6.45) is 0. The number of benzene rings is 2. The lowest BCUT2D eigenvalue weighted by Crippen LogP contribution is -2.23. The van der Waals surface area contributed by atoms with E-state index in [2.05, 4.69) is 10.3 Å². The molecule has 6 heteroatoms. The van der Waals surface area contributed by atoms with E-state index < -0.39 is 17.3 Å². The third kappa shape index (κ3) is 3.78. The maximum atomic E-state index is 13.2. The first-order chi connectivity index (χ1) is 11.9. The standard InChI is InChI=1S/C19H14ClFN2O2/c1-11-3-2-4-12(9-11)17-8-6-14(19(25)23-17)18(24)22-13-5-7-16(21)15(20)10-13/h2-10H,1H3,(H,22,24)(H,23,25). The summed E-state index contributed by atoms with van der Waals surface area (Å²) in [6, 6.07) is 14.6. The zero-order valence-corrected chi connectivity index (χ0v) is 14.0. The molecule has 0 aliphatic rings. The van der Waals surface area contributed by atoms with Gasteiger partial charge in [-0.3, -0.25) is 9.59 Å². The average molecular weight is 357 g/mol. The number of hydrogen-bond acceptors (Lipinski definition) is 2. The molecule has 3 aromatic rings. The Bertz CT molecular complexity index is 1010. The summed E-state index contributed by atoms with van der Waals surface area (Å²) in [4.78, 5) is 27.2. The highest BCUT2D eigenvalue weighted by molar-refractivity contribution is 6.31. The van der Waals surface area contributed by atoms with E-state index in [1.54, 1.807) is 6.07 Å². The van der Waals surface area contributed by atoms with Gasteiger partial charge < -0.3 is 10.3 Å². The maximum absolute atomic E-state index is 13.2. The Morgan fingerprint density at radius 3 is 2.60 bits per heavy atom. The summed E-state index contributed by atoms with van der Waals surface area (Å²) < 4.78 is 13.2. The highest BCUT2D eigenvalue weighted by atomic mass is 35.5. The summed E-state index contributed by atoms with van der Waals surface area (Å²) in [7, 11) is 0. The number of carbonyl (C=O) groups excluding carboxylic acids is 1. The summed E-state index contributed by atoms with van der Waals surface area (Å²) >= 11 is 5.68. The molecule has 2 N–H and O–H groups in total. The van der Waals surface area contributed by atoms with Gasteiger partial charge in [-0.1, -0.05) is 35.4 Å². The topological polar surface area (TPSA) is 62.0 Å². The van der Waals surface area contributed by atoms with Crippen LogP contribution in [0.15, 0.2) is 59.4 Å². The van der Waals surface area contributed by atoms with Crippen LogP contribution in [0.25, 0.3) is 11.3 Å². The van der Waals surface area contributed by atoms with Gasteiger partial charge in [0.15, 0.2) is 0 Å². The van der Waals surface area contributed by atoms with E-state index in [1.807, 2.05) is 31.2 Å². The van der Waals surface area contributed by atoms with Gasteiger partial charge in [0, 0.05) is 11.4 Å². The van der Waals surface area contributed by atoms with E-state index in [0.29, 0.717) is 11.4 Å². The molecule has 0 bridgehead atoms. The molecule has 0 aliphatic carbocycles. The number of amides is 1. The minimum atomic E-state index is -0.597. The Labute approximate surface area is 148 Å². The number of rotatable bonds is 3. The van der Waals surface area contributed by atoms with Crippen LogP contribution in [0.3, 0.4) is 0 Å². The molecule has 3 rings (SSSR count). The van der Waals surface area contributed by atoms with Crippen LogP contribution in [0.5, 0.6) is 0 Å². The number of nitrogens with one attached hydrogen (secondary N) is 2. The van der Waals surface area contributed by atoms with Crippen molar-refractivity contribution in [2.45, 2.75) is 6.92 Å². The van der Waals surface area contributed by atoms with Gasteiger partial charge >= 0.3 is 0 Å². The van der Waals surface area contributed by atoms with Gasteiger partial charge in [0.25, 0.3) is 11.5 Å².